The molecule has 0 aromatic carbocycles. The predicted molar refractivity (Wildman–Crippen MR) is 51.8 cm³/mol. The molecule has 3 atom stereocenters. The van der Waals surface area contributed by atoms with Gasteiger partial charge in [0.15, 0.2) is 6.29 Å². The smallest absolute Gasteiger partial charge is 0.151 e. The average molecular weight is 230 g/mol. The highest BCUT2D eigenvalue weighted by Gasteiger charge is 2.19. The van der Waals surface area contributed by atoms with Crippen molar-refractivity contribution < 1.29 is 30.6 Å². The first kappa shape index (κ1) is 14.8. The van der Waals surface area contributed by atoms with Gasteiger partial charge in [-0.15, -0.1) is 0 Å². The minimum atomic E-state index is -1.47. The van der Waals surface area contributed by atoms with Crippen molar-refractivity contribution in [2.24, 2.45) is 0 Å². The van der Waals surface area contributed by atoms with Gasteiger partial charge in [0.1, 0.15) is 0 Å². The summed E-state index contributed by atoms with van der Waals surface area (Å²) < 4.78 is 0. The van der Waals surface area contributed by atoms with Crippen LogP contribution in [-0.4, -0.2) is 61.8 Å². The number of aliphatic hydroxyl groups excluding tert-OH is 5. The third-order valence-electron chi connectivity index (χ3n) is 2.14. The summed E-state index contributed by atoms with van der Waals surface area (Å²) in [6, 6.07) is 0. The lowest BCUT2D eigenvalue weighted by Crippen LogP contribution is -2.31. The molecule has 0 aromatic rings. The van der Waals surface area contributed by atoms with Gasteiger partial charge in [-0.25, -0.2) is 0 Å². The summed E-state index contributed by atoms with van der Waals surface area (Å²) in [6.45, 7) is -0.232. The van der Waals surface area contributed by atoms with Gasteiger partial charge in [0.2, 0.25) is 0 Å². The Hall–Kier alpha value is -0.240. The van der Waals surface area contributed by atoms with E-state index in [2.05, 4.69) is 0 Å². The van der Waals surface area contributed by atoms with E-state index in [0.29, 0.717) is 0 Å². The van der Waals surface area contributed by atoms with Gasteiger partial charge in [0, 0.05) is 19.4 Å². The molecule has 0 saturated heterocycles. The monoisotopic (exact) mass is 230 g/mol. The van der Waals surface area contributed by atoms with E-state index in [9.17, 15) is 15.3 Å². The van der Waals surface area contributed by atoms with Crippen LogP contribution >= 0.6 is 0 Å². The highest BCUT2D eigenvalue weighted by Crippen LogP contribution is 2.10. The van der Waals surface area contributed by atoms with Crippen LogP contribution in [0.5, 0.6) is 0 Å². The van der Waals surface area contributed by atoms with E-state index in [4.69, 9.17) is 15.3 Å². The molecule has 0 fully saturated rings. The van der Waals surface area contributed by atoms with Crippen LogP contribution in [0.25, 0.3) is 0 Å². The maximum atomic E-state index is 9.34. The second-order valence-corrected chi connectivity index (χ2v) is 3.59. The molecule has 92 valence electrons. The summed E-state index contributed by atoms with van der Waals surface area (Å²) in [5, 5.41) is 53.4. The van der Waals surface area contributed by atoms with Crippen molar-refractivity contribution in [3.8, 4) is 0 Å². The molecule has 3 unspecified atom stereocenters. The molecule has 0 saturated carbocycles. The summed E-state index contributed by atoms with van der Waals surface area (Å²) in [5.74, 6) is 0. The molecule has 0 aromatic heterocycles. The molecule has 6 heteroatoms. The zero-order valence-corrected chi connectivity index (χ0v) is 8.53. The highest BCUT2D eigenvalue weighted by molar-refractivity contribution is 4.71. The van der Waals surface area contributed by atoms with E-state index in [0.717, 1.165) is 0 Å². The molecule has 6 nitrogen and oxygen atoms in total. The van der Waals surface area contributed by atoms with Crippen LogP contribution in [0.1, 0.15) is 25.7 Å². The fourth-order valence-corrected chi connectivity index (χ4v) is 1.22. The Labute approximate surface area is 88.4 Å². The molecule has 15 heavy (non-hydrogen) atoms. The zero-order chi connectivity index (χ0) is 11.8. The van der Waals surface area contributed by atoms with E-state index in [1.807, 2.05) is 0 Å². The summed E-state index contributed by atoms with van der Waals surface area (Å²) in [4.78, 5) is 0. The summed E-state index contributed by atoms with van der Waals surface area (Å²) >= 11 is 0. The van der Waals surface area contributed by atoms with Crippen molar-refractivity contribution >= 4 is 0 Å². The van der Waals surface area contributed by atoms with Crippen LogP contribution in [0, 0.1) is 0 Å². The van der Waals surface area contributed by atoms with E-state index >= 15 is 0 Å². The van der Waals surface area contributed by atoms with Crippen molar-refractivity contribution in [3.63, 3.8) is 0 Å². The first-order chi connectivity index (χ1) is 6.97. The largest absolute Gasteiger partial charge is 0.396 e. The first-order valence-corrected chi connectivity index (χ1v) is 4.98. The van der Waals surface area contributed by atoms with Crippen LogP contribution in [0.3, 0.4) is 0 Å². The second-order valence-electron chi connectivity index (χ2n) is 3.59. The lowest BCUT2D eigenvalue weighted by Gasteiger charge is -2.20. The van der Waals surface area contributed by atoms with E-state index < -0.39 is 24.6 Å². The molecule has 0 aliphatic heterocycles. The molecule has 0 aliphatic rings. The lowest BCUT2D eigenvalue weighted by molar-refractivity contribution is -0.0605. The highest BCUT2D eigenvalue weighted by atomic mass is 16.6. The van der Waals surface area contributed by atoms with Crippen molar-refractivity contribution in [2.45, 2.75) is 50.3 Å². The van der Waals surface area contributed by atoms with E-state index in [1.165, 1.54) is 0 Å². The van der Waals surface area contributed by atoms with Gasteiger partial charge in [-0.3, -0.25) is 0 Å². The Kier molecular flexibility index (Phi) is 7.85. The van der Waals surface area contributed by atoms with Gasteiger partial charge in [-0.2, -0.15) is 0 Å². The van der Waals surface area contributed by atoms with Gasteiger partial charge in [-0.05, 0) is 12.8 Å². The molecule has 0 heterocycles. The molecule has 0 rings (SSSR count). The maximum Gasteiger partial charge on any atom is 0.151 e. The minimum absolute atomic E-state index is 0.0178. The van der Waals surface area contributed by atoms with Crippen molar-refractivity contribution in [1.29, 1.82) is 0 Å². The quantitative estimate of drug-likeness (QED) is 0.210. The Bertz CT molecular complexity index is 152. The molecular formula is C9H20O6. The topological polar surface area (TPSA) is 121 Å². The first-order valence-electron chi connectivity index (χ1n) is 4.98. The fraction of sp³-hybridized carbons (Fsp3) is 1.00. The van der Waals surface area contributed by atoms with Crippen molar-refractivity contribution in [2.75, 3.05) is 6.61 Å². The Balaban J connectivity index is 3.69. The molecule has 6 N–H and O–H groups in total. The third-order valence-corrected chi connectivity index (χ3v) is 2.14. The van der Waals surface area contributed by atoms with Crippen LogP contribution in [0.15, 0.2) is 0 Å². The van der Waals surface area contributed by atoms with Gasteiger partial charge in [0.25, 0.3) is 0 Å². The van der Waals surface area contributed by atoms with Crippen molar-refractivity contribution in [1.82, 2.24) is 0 Å². The average Bonchev–Trinajstić information content (AvgIpc) is 2.15. The molecule has 0 spiro atoms. The van der Waals surface area contributed by atoms with Crippen LogP contribution in [0.2, 0.25) is 0 Å². The predicted octanol–water partition coefficient (Wildman–Crippen LogP) is -2.07. The zero-order valence-electron chi connectivity index (χ0n) is 8.53. The maximum absolute atomic E-state index is 9.34. The van der Waals surface area contributed by atoms with Crippen molar-refractivity contribution in [3.05, 3.63) is 0 Å². The third kappa shape index (κ3) is 7.66. The standard InChI is InChI=1S/C9H20O6/c10-4-3-7(12)8(13)5-6(11)1-2-9(14)15/h6-15H,1-5H2/i2+1,3+1,5+1,6+1,8+1,9+1. The Morgan fingerprint density at radius 2 is 1.33 bits per heavy atom. The fourth-order valence-electron chi connectivity index (χ4n) is 1.22. The molecule has 0 radical (unpaired) electrons. The number of hydrogen-bond acceptors (Lipinski definition) is 6. The number of aliphatic hydroxyl groups is 6. The molecule has 0 amide bonds. The van der Waals surface area contributed by atoms with Crippen LogP contribution in [0.4, 0.5) is 0 Å². The van der Waals surface area contributed by atoms with E-state index in [-0.39, 0.29) is 32.3 Å². The van der Waals surface area contributed by atoms with Gasteiger partial charge in [-0.1, -0.05) is 0 Å². The summed E-state index contributed by atoms with van der Waals surface area (Å²) in [5.41, 5.74) is 0. The van der Waals surface area contributed by atoms with Crippen LogP contribution in [-0.2, 0) is 0 Å². The Morgan fingerprint density at radius 1 is 0.733 bits per heavy atom. The number of rotatable bonds is 8. The minimum Gasteiger partial charge on any atom is -0.396 e. The summed E-state index contributed by atoms with van der Waals surface area (Å²) in [7, 11) is 0. The Morgan fingerprint density at radius 3 is 1.80 bits per heavy atom. The molecule has 0 bridgehead atoms. The SMILES string of the molecule is OC[13CH2]C(O)[13CH](O)[13CH2][13CH](O)C[13CH2][13CH](O)O. The van der Waals surface area contributed by atoms with Crippen LogP contribution < -0.4 is 0 Å². The molecular weight excluding hydrogens is 210 g/mol. The lowest BCUT2D eigenvalue weighted by atomic mass is 10.6. The second kappa shape index (κ2) is 7.98. The van der Waals surface area contributed by atoms with Gasteiger partial charge >= 0.3 is 0 Å². The van der Waals surface area contributed by atoms with E-state index in [1.54, 1.807) is 0 Å². The van der Waals surface area contributed by atoms with Gasteiger partial charge < -0.3 is 30.6 Å². The summed E-state index contributed by atoms with van der Waals surface area (Å²) in [6.07, 6.45) is -4.38. The number of hydrogen-bond donors (Lipinski definition) is 6. The normalized spacial score (nSPS) is 17.8. The van der Waals surface area contributed by atoms with Gasteiger partial charge in [0.05, 0.1) is 18.3 Å². The molecule has 0 aliphatic carbocycles.